The summed E-state index contributed by atoms with van der Waals surface area (Å²) in [6.07, 6.45) is 0.814. The van der Waals surface area contributed by atoms with Crippen LogP contribution in [0.3, 0.4) is 0 Å². The number of carbonyl (C=O) groups is 1. The van der Waals surface area contributed by atoms with E-state index in [9.17, 15) is 4.79 Å². The van der Waals surface area contributed by atoms with Crippen molar-refractivity contribution >= 4 is 5.91 Å². The average molecular weight is 294 g/mol. The summed E-state index contributed by atoms with van der Waals surface area (Å²) in [4.78, 5) is 13.5. The molecule has 5 nitrogen and oxygen atoms in total. The number of para-hydroxylation sites is 1. The molecule has 1 rings (SSSR count). The van der Waals surface area contributed by atoms with Gasteiger partial charge in [-0.2, -0.15) is 0 Å². The molecule has 0 heterocycles. The van der Waals surface area contributed by atoms with Crippen LogP contribution in [-0.4, -0.2) is 57.8 Å². The van der Waals surface area contributed by atoms with Crippen LogP contribution in [0.1, 0.15) is 12.0 Å². The Morgan fingerprint density at radius 2 is 2.05 bits per heavy atom. The van der Waals surface area contributed by atoms with E-state index in [1.807, 2.05) is 38.2 Å². The maximum atomic E-state index is 11.8. The van der Waals surface area contributed by atoms with Gasteiger partial charge in [0, 0.05) is 27.2 Å². The Labute approximate surface area is 127 Å². The fraction of sp³-hybridized carbons (Fsp3) is 0.562. The number of hydrogen-bond donors (Lipinski definition) is 1. The zero-order chi connectivity index (χ0) is 15.5. The summed E-state index contributed by atoms with van der Waals surface area (Å²) < 4.78 is 10.6. The van der Waals surface area contributed by atoms with Gasteiger partial charge in [0.25, 0.3) is 0 Å². The van der Waals surface area contributed by atoms with E-state index in [4.69, 9.17) is 9.47 Å². The molecule has 0 spiro atoms. The molecule has 0 atom stereocenters. The summed E-state index contributed by atoms with van der Waals surface area (Å²) >= 11 is 0. The van der Waals surface area contributed by atoms with E-state index < -0.39 is 0 Å². The van der Waals surface area contributed by atoms with E-state index in [1.54, 1.807) is 12.0 Å². The molecule has 0 saturated heterocycles. The highest BCUT2D eigenvalue weighted by Gasteiger charge is 2.07. The number of aryl methyl sites for hydroxylation is 1. The molecule has 1 aromatic rings. The molecule has 0 aliphatic heterocycles. The van der Waals surface area contributed by atoms with Gasteiger partial charge in [-0.1, -0.05) is 18.2 Å². The third-order valence-electron chi connectivity index (χ3n) is 3.17. The summed E-state index contributed by atoms with van der Waals surface area (Å²) in [5.41, 5.74) is 1.13. The lowest BCUT2D eigenvalue weighted by Crippen LogP contribution is -2.37. The van der Waals surface area contributed by atoms with Crippen LogP contribution in [0.4, 0.5) is 0 Å². The summed E-state index contributed by atoms with van der Waals surface area (Å²) in [5.74, 6) is 0.995. The molecular weight excluding hydrogens is 268 g/mol. The fourth-order valence-electron chi connectivity index (χ4n) is 1.83. The van der Waals surface area contributed by atoms with Crippen molar-refractivity contribution < 1.29 is 14.3 Å². The fourth-order valence-corrected chi connectivity index (χ4v) is 1.83. The number of nitrogens with one attached hydrogen (secondary N) is 1. The van der Waals surface area contributed by atoms with Crippen molar-refractivity contribution in [3.63, 3.8) is 0 Å². The second kappa shape index (κ2) is 10.2. The summed E-state index contributed by atoms with van der Waals surface area (Å²) in [6.45, 7) is 4.97. The summed E-state index contributed by atoms with van der Waals surface area (Å²) in [7, 11) is 3.46. The Bertz CT molecular complexity index is 424. The van der Waals surface area contributed by atoms with Gasteiger partial charge in [-0.15, -0.1) is 0 Å². The van der Waals surface area contributed by atoms with Crippen molar-refractivity contribution in [2.75, 3.05) is 47.0 Å². The quantitative estimate of drug-likeness (QED) is 0.664. The van der Waals surface area contributed by atoms with Crippen LogP contribution < -0.4 is 10.1 Å². The van der Waals surface area contributed by atoms with E-state index in [0.29, 0.717) is 32.8 Å². The predicted octanol–water partition coefficient (Wildman–Crippen LogP) is 1.46. The van der Waals surface area contributed by atoms with Crippen LogP contribution in [0.2, 0.25) is 0 Å². The number of benzene rings is 1. The van der Waals surface area contributed by atoms with Crippen LogP contribution in [0, 0.1) is 6.92 Å². The number of rotatable bonds is 10. The highest BCUT2D eigenvalue weighted by molar-refractivity contribution is 5.77. The molecule has 0 fully saturated rings. The topological polar surface area (TPSA) is 50.8 Å². The normalized spacial score (nSPS) is 10.4. The number of nitrogens with zero attached hydrogens (tertiary/aromatic N) is 1. The Hall–Kier alpha value is -1.59. The first kappa shape index (κ1) is 17.5. The predicted molar refractivity (Wildman–Crippen MR) is 83.7 cm³/mol. The monoisotopic (exact) mass is 294 g/mol. The van der Waals surface area contributed by atoms with Gasteiger partial charge in [0.15, 0.2) is 0 Å². The average Bonchev–Trinajstić information content (AvgIpc) is 2.49. The molecule has 1 N–H and O–H groups in total. The van der Waals surface area contributed by atoms with Crippen LogP contribution in [-0.2, 0) is 9.53 Å². The van der Waals surface area contributed by atoms with Crippen LogP contribution in [0.5, 0.6) is 5.75 Å². The molecule has 0 saturated carbocycles. The van der Waals surface area contributed by atoms with Gasteiger partial charge < -0.3 is 19.7 Å². The van der Waals surface area contributed by atoms with E-state index in [-0.39, 0.29) is 5.91 Å². The third kappa shape index (κ3) is 7.11. The maximum absolute atomic E-state index is 11.8. The van der Waals surface area contributed by atoms with Crippen LogP contribution in [0.25, 0.3) is 0 Å². The molecule has 1 aromatic carbocycles. The maximum Gasteiger partial charge on any atom is 0.236 e. The number of methoxy groups -OCH3 is 1. The zero-order valence-electron chi connectivity index (χ0n) is 13.2. The lowest BCUT2D eigenvalue weighted by Gasteiger charge is -2.18. The standard InChI is InChI=1S/C16H26N2O3/c1-14-7-4-5-8-15(14)21-11-6-10-18(2)16(19)13-17-9-12-20-3/h4-5,7-8,17H,6,9-13H2,1-3H3. The number of likely N-dealkylation sites (N-methyl/N-ethyl adjacent to an activating group) is 1. The second-order valence-electron chi connectivity index (χ2n) is 4.95. The number of hydrogen-bond acceptors (Lipinski definition) is 4. The highest BCUT2D eigenvalue weighted by Crippen LogP contribution is 2.16. The van der Waals surface area contributed by atoms with Crippen molar-refractivity contribution in [1.82, 2.24) is 10.2 Å². The summed E-state index contributed by atoms with van der Waals surface area (Å²) in [5, 5.41) is 3.04. The van der Waals surface area contributed by atoms with Crippen molar-refractivity contribution in [3.05, 3.63) is 29.8 Å². The molecule has 21 heavy (non-hydrogen) atoms. The molecule has 5 heteroatoms. The largest absolute Gasteiger partial charge is 0.493 e. The lowest BCUT2D eigenvalue weighted by molar-refractivity contribution is -0.129. The highest BCUT2D eigenvalue weighted by atomic mass is 16.5. The van der Waals surface area contributed by atoms with Crippen molar-refractivity contribution in [1.29, 1.82) is 0 Å². The molecule has 0 radical (unpaired) electrons. The van der Waals surface area contributed by atoms with Crippen LogP contribution in [0.15, 0.2) is 24.3 Å². The van der Waals surface area contributed by atoms with Crippen molar-refractivity contribution in [2.45, 2.75) is 13.3 Å². The molecule has 0 aromatic heterocycles. The van der Waals surface area contributed by atoms with E-state index in [1.165, 1.54) is 0 Å². The van der Waals surface area contributed by atoms with Crippen LogP contribution >= 0.6 is 0 Å². The number of carbonyl (C=O) groups excluding carboxylic acids is 1. The number of amides is 1. The van der Waals surface area contributed by atoms with Gasteiger partial charge in [-0.05, 0) is 25.0 Å². The lowest BCUT2D eigenvalue weighted by atomic mass is 10.2. The third-order valence-corrected chi connectivity index (χ3v) is 3.17. The Kier molecular flexibility index (Phi) is 8.47. The van der Waals surface area contributed by atoms with Gasteiger partial charge in [-0.3, -0.25) is 4.79 Å². The van der Waals surface area contributed by atoms with Gasteiger partial charge in [0.05, 0.1) is 19.8 Å². The van der Waals surface area contributed by atoms with Gasteiger partial charge >= 0.3 is 0 Å². The minimum atomic E-state index is 0.0852. The van der Waals surface area contributed by atoms with E-state index >= 15 is 0 Å². The molecule has 118 valence electrons. The number of ether oxygens (including phenoxy) is 2. The Morgan fingerprint density at radius 3 is 2.76 bits per heavy atom. The minimum Gasteiger partial charge on any atom is -0.493 e. The smallest absolute Gasteiger partial charge is 0.236 e. The van der Waals surface area contributed by atoms with Gasteiger partial charge in [0.2, 0.25) is 5.91 Å². The SMILES string of the molecule is COCCNCC(=O)N(C)CCCOc1ccccc1C. The molecular formula is C16H26N2O3. The van der Waals surface area contributed by atoms with Gasteiger partial charge in [-0.25, -0.2) is 0 Å². The van der Waals surface area contributed by atoms with E-state index in [2.05, 4.69) is 5.32 Å². The summed E-state index contributed by atoms with van der Waals surface area (Å²) in [6, 6.07) is 7.94. The van der Waals surface area contributed by atoms with Crippen molar-refractivity contribution in [3.8, 4) is 5.75 Å². The molecule has 0 aliphatic rings. The first-order valence-corrected chi connectivity index (χ1v) is 7.27. The Morgan fingerprint density at radius 1 is 1.29 bits per heavy atom. The minimum absolute atomic E-state index is 0.0852. The molecule has 0 bridgehead atoms. The van der Waals surface area contributed by atoms with Crippen molar-refractivity contribution in [2.24, 2.45) is 0 Å². The molecule has 1 amide bonds. The zero-order valence-corrected chi connectivity index (χ0v) is 13.2. The first-order valence-electron chi connectivity index (χ1n) is 7.27. The second-order valence-corrected chi connectivity index (χ2v) is 4.95. The first-order chi connectivity index (χ1) is 10.1. The van der Waals surface area contributed by atoms with Gasteiger partial charge in [0.1, 0.15) is 5.75 Å². The Balaban J connectivity index is 2.14. The molecule has 0 aliphatic carbocycles. The van der Waals surface area contributed by atoms with E-state index in [0.717, 1.165) is 17.7 Å². The molecule has 0 unspecified atom stereocenters.